The lowest BCUT2D eigenvalue weighted by Crippen LogP contribution is -2.15. The Labute approximate surface area is 163 Å². The summed E-state index contributed by atoms with van der Waals surface area (Å²) in [6.07, 6.45) is 6.23. The summed E-state index contributed by atoms with van der Waals surface area (Å²) in [5, 5.41) is 10.3. The Balaban J connectivity index is 2.48. The van der Waals surface area contributed by atoms with Crippen molar-refractivity contribution in [3.63, 3.8) is 0 Å². The van der Waals surface area contributed by atoms with Crippen LogP contribution in [0.1, 0.15) is 37.9 Å². The normalized spacial score (nSPS) is 11.3. The predicted molar refractivity (Wildman–Crippen MR) is 104 cm³/mol. The number of pyridine rings is 2. The van der Waals surface area contributed by atoms with Gasteiger partial charge in [0.05, 0.1) is 28.4 Å². The second-order valence-corrected chi connectivity index (χ2v) is 6.26. The van der Waals surface area contributed by atoms with Crippen molar-refractivity contribution < 1.29 is 9.47 Å². The van der Waals surface area contributed by atoms with E-state index in [1.165, 1.54) is 12.4 Å². The van der Waals surface area contributed by atoms with Crippen molar-refractivity contribution in [3.05, 3.63) is 45.8 Å². The van der Waals surface area contributed by atoms with Crippen molar-refractivity contribution in [1.82, 2.24) is 9.97 Å². The average Bonchev–Trinajstić information content (AvgIpc) is 2.66. The third kappa shape index (κ3) is 4.66. The maximum absolute atomic E-state index is 9.58. The summed E-state index contributed by atoms with van der Waals surface area (Å²) in [4.78, 5) is 8.38. The minimum absolute atomic E-state index is 0.0188. The molecule has 2 aromatic rings. The van der Waals surface area contributed by atoms with Gasteiger partial charge in [0.1, 0.15) is 12.2 Å². The summed E-state index contributed by atoms with van der Waals surface area (Å²) < 4.78 is 11.3. The zero-order chi connectivity index (χ0) is 19.1. The molecule has 26 heavy (non-hydrogen) atoms. The molecule has 0 amide bonds. The van der Waals surface area contributed by atoms with Crippen LogP contribution >= 0.6 is 23.2 Å². The van der Waals surface area contributed by atoms with Gasteiger partial charge < -0.3 is 9.47 Å². The summed E-state index contributed by atoms with van der Waals surface area (Å²) in [7, 11) is 1.55. The van der Waals surface area contributed by atoms with Crippen LogP contribution in [0.25, 0.3) is 11.6 Å². The van der Waals surface area contributed by atoms with Gasteiger partial charge in [-0.2, -0.15) is 5.26 Å². The molecule has 0 atom stereocenters. The molecule has 2 rings (SSSR count). The number of hydrogen-bond donors (Lipinski definition) is 0. The van der Waals surface area contributed by atoms with Crippen molar-refractivity contribution in [2.75, 3.05) is 7.11 Å². The van der Waals surface area contributed by atoms with Crippen LogP contribution in [0.3, 0.4) is 0 Å². The number of aromatic nitrogens is 2. The fourth-order valence-corrected chi connectivity index (χ4v) is 2.77. The third-order valence-corrected chi connectivity index (χ3v) is 4.41. The molecular formula is C19H19Cl2N3O2. The Morgan fingerprint density at radius 2 is 1.88 bits per heavy atom. The molecule has 0 bridgehead atoms. The second kappa shape index (κ2) is 9.42. The fraction of sp³-hybridized carbons (Fsp3) is 0.316. The van der Waals surface area contributed by atoms with Gasteiger partial charge in [-0.3, -0.25) is 4.98 Å². The summed E-state index contributed by atoms with van der Waals surface area (Å²) in [6, 6.07) is 5.55. The van der Waals surface area contributed by atoms with Crippen LogP contribution in [0.2, 0.25) is 10.0 Å². The highest BCUT2D eigenvalue weighted by molar-refractivity contribution is 6.37. The lowest BCUT2D eigenvalue weighted by molar-refractivity contribution is 0.176. The van der Waals surface area contributed by atoms with Crippen molar-refractivity contribution in [3.8, 4) is 17.7 Å². The number of halogens is 2. The molecule has 0 fully saturated rings. The van der Waals surface area contributed by atoms with E-state index in [1.807, 2.05) is 13.8 Å². The largest absolute Gasteiger partial charge is 0.491 e. The zero-order valence-corrected chi connectivity index (χ0v) is 16.3. The van der Waals surface area contributed by atoms with Gasteiger partial charge in [0.25, 0.3) is 5.88 Å². The molecule has 0 spiro atoms. The molecule has 0 aliphatic heterocycles. The van der Waals surface area contributed by atoms with Crippen LogP contribution in [0, 0.1) is 11.3 Å². The van der Waals surface area contributed by atoms with Crippen molar-refractivity contribution in [1.29, 1.82) is 5.26 Å². The number of methoxy groups -OCH3 is 1. The molecule has 0 aliphatic carbocycles. The smallest absolute Gasteiger partial charge is 0.257 e. The summed E-state index contributed by atoms with van der Waals surface area (Å²) in [6.45, 7) is 4.08. The van der Waals surface area contributed by atoms with Crippen LogP contribution < -0.4 is 9.47 Å². The molecule has 0 saturated heterocycles. The van der Waals surface area contributed by atoms with Crippen LogP contribution in [0.5, 0.6) is 11.6 Å². The van der Waals surface area contributed by atoms with E-state index in [0.717, 1.165) is 12.8 Å². The van der Waals surface area contributed by atoms with Crippen molar-refractivity contribution in [2.45, 2.75) is 32.8 Å². The summed E-state index contributed by atoms with van der Waals surface area (Å²) in [5.41, 5.74) is 1.26. The SMILES string of the molecule is CCC(CC)Oc1nc(C(C#N)=Cc2c(Cl)cncc2Cl)ccc1OC. The van der Waals surface area contributed by atoms with Crippen LogP contribution in [-0.4, -0.2) is 23.2 Å². The molecule has 0 aliphatic rings. The van der Waals surface area contributed by atoms with E-state index in [2.05, 4.69) is 16.0 Å². The molecule has 7 heteroatoms. The predicted octanol–water partition coefficient (Wildman–Crippen LogP) is 5.42. The zero-order valence-electron chi connectivity index (χ0n) is 14.8. The van der Waals surface area contributed by atoms with Gasteiger partial charge in [-0.25, -0.2) is 4.98 Å². The van der Waals surface area contributed by atoms with Crippen molar-refractivity contribution in [2.24, 2.45) is 0 Å². The molecule has 5 nitrogen and oxygen atoms in total. The Hall–Kier alpha value is -2.29. The lowest BCUT2D eigenvalue weighted by Gasteiger charge is -2.17. The van der Waals surface area contributed by atoms with Crippen LogP contribution in [0.4, 0.5) is 0 Å². The monoisotopic (exact) mass is 391 g/mol. The summed E-state index contributed by atoms with van der Waals surface area (Å²) in [5.74, 6) is 0.865. The highest BCUT2D eigenvalue weighted by Crippen LogP contribution is 2.31. The highest BCUT2D eigenvalue weighted by Gasteiger charge is 2.15. The van der Waals surface area contributed by atoms with Gasteiger partial charge in [0, 0.05) is 18.0 Å². The number of ether oxygens (including phenoxy) is 2. The maximum Gasteiger partial charge on any atom is 0.257 e. The molecule has 2 heterocycles. The first-order valence-corrected chi connectivity index (χ1v) is 8.92. The Kier molecular flexibility index (Phi) is 7.26. The molecule has 0 unspecified atom stereocenters. The summed E-state index contributed by atoms with van der Waals surface area (Å²) >= 11 is 12.3. The van der Waals surface area contributed by atoms with Gasteiger partial charge in [-0.1, -0.05) is 37.0 Å². The lowest BCUT2D eigenvalue weighted by atomic mass is 10.1. The number of rotatable bonds is 7. The number of allylic oxidation sites excluding steroid dienone is 1. The average molecular weight is 392 g/mol. The minimum atomic E-state index is 0.0188. The van der Waals surface area contributed by atoms with Gasteiger partial charge >= 0.3 is 0 Å². The first-order chi connectivity index (χ1) is 12.5. The van der Waals surface area contributed by atoms with Gasteiger partial charge in [-0.05, 0) is 31.1 Å². The number of hydrogen-bond acceptors (Lipinski definition) is 5. The van der Waals surface area contributed by atoms with Crippen molar-refractivity contribution >= 4 is 34.9 Å². The highest BCUT2D eigenvalue weighted by atomic mass is 35.5. The Morgan fingerprint density at radius 3 is 2.42 bits per heavy atom. The molecule has 2 aromatic heterocycles. The Bertz CT molecular complexity index is 823. The van der Waals surface area contributed by atoms with Crippen LogP contribution in [0.15, 0.2) is 24.5 Å². The minimum Gasteiger partial charge on any atom is -0.491 e. The first kappa shape index (κ1) is 20.0. The molecule has 0 aromatic carbocycles. The molecule has 0 N–H and O–H groups in total. The van der Waals surface area contributed by atoms with E-state index in [9.17, 15) is 5.26 Å². The van der Waals surface area contributed by atoms with Crippen LogP contribution in [-0.2, 0) is 0 Å². The topological polar surface area (TPSA) is 68.0 Å². The van der Waals surface area contributed by atoms with E-state index in [-0.39, 0.29) is 6.10 Å². The Morgan fingerprint density at radius 1 is 1.23 bits per heavy atom. The third-order valence-electron chi connectivity index (χ3n) is 3.81. The van der Waals surface area contributed by atoms with E-state index in [0.29, 0.717) is 38.5 Å². The van der Waals surface area contributed by atoms with E-state index in [1.54, 1.807) is 25.3 Å². The standard InChI is InChI=1S/C19H19Cl2N3O2/c1-4-13(5-2)26-19-18(25-3)7-6-17(24-19)12(9-22)8-14-15(20)10-23-11-16(14)21/h6-8,10-11,13H,4-5H2,1-3H3. The fourth-order valence-electron chi connectivity index (χ4n) is 2.30. The number of nitrogens with zero attached hydrogens (tertiary/aromatic N) is 3. The molecule has 136 valence electrons. The van der Waals surface area contributed by atoms with E-state index in [4.69, 9.17) is 32.7 Å². The quantitative estimate of drug-likeness (QED) is 0.589. The maximum atomic E-state index is 9.58. The molecule has 0 saturated carbocycles. The molecule has 0 radical (unpaired) electrons. The first-order valence-electron chi connectivity index (χ1n) is 8.16. The second-order valence-electron chi connectivity index (χ2n) is 5.45. The van der Waals surface area contributed by atoms with Gasteiger partial charge in [0.15, 0.2) is 5.75 Å². The number of nitriles is 1. The van der Waals surface area contributed by atoms with E-state index >= 15 is 0 Å². The van der Waals surface area contributed by atoms with Gasteiger partial charge in [-0.15, -0.1) is 0 Å². The van der Waals surface area contributed by atoms with E-state index < -0.39 is 0 Å². The molecular weight excluding hydrogens is 373 g/mol. The van der Waals surface area contributed by atoms with Gasteiger partial charge in [0.2, 0.25) is 0 Å².